The molecule has 6 nitrogen and oxygen atoms in total. The number of oxazole rings is 1. The van der Waals surface area contributed by atoms with Crippen LogP contribution in [0.2, 0.25) is 0 Å². The summed E-state index contributed by atoms with van der Waals surface area (Å²) in [5.41, 5.74) is 1.04. The van der Waals surface area contributed by atoms with Crippen molar-refractivity contribution in [3.8, 4) is 0 Å². The summed E-state index contributed by atoms with van der Waals surface area (Å²) in [6.07, 6.45) is 4.32. The number of rotatable bonds is 7. The van der Waals surface area contributed by atoms with Gasteiger partial charge in [0.1, 0.15) is 12.3 Å². The van der Waals surface area contributed by atoms with E-state index in [4.69, 9.17) is 9.52 Å². The van der Waals surface area contributed by atoms with Gasteiger partial charge in [-0.05, 0) is 5.92 Å². The Balaban J connectivity index is 2.25. The van der Waals surface area contributed by atoms with Crippen molar-refractivity contribution in [2.45, 2.75) is 44.8 Å². The first-order chi connectivity index (χ1) is 10.0. The van der Waals surface area contributed by atoms with Crippen molar-refractivity contribution in [3.05, 3.63) is 29.7 Å². The number of aliphatic carboxylic acids is 1. The molecule has 0 bridgehead atoms. The number of carboxylic acids is 1. The van der Waals surface area contributed by atoms with E-state index < -0.39 is 5.97 Å². The Bertz CT molecular complexity index is 619. The number of nitrogens with zero attached hydrogens (tertiary/aromatic N) is 3. The molecule has 0 aromatic carbocycles. The number of thioether (sulfide) groups is 1. The van der Waals surface area contributed by atoms with Gasteiger partial charge in [0.2, 0.25) is 5.89 Å². The van der Waals surface area contributed by atoms with Gasteiger partial charge >= 0.3 is 5.97 Å². The molecule has 0 fully saturated rings. The third-order valence-corrected chi connectivity index (χ3v) is 3.98. The van der Waals surface area contributed by atoms with Crippen molar-refractivity contribution in [1.82, 2.24) is 14.5 Å². The molecule has 0 saturated carbocycles. The van der Waals surface area contributed by atoms with Crippen LogP contribution in [0.1, 0.15) is 44.0 Å². The van der Waals surface area contributed by atoms with Gasteiger partial charge in [0.05, 0.1) is 11.9 Å². The lowest BCUT2D eigenvalue weighted by Gasteiger charge is -2.11. The minimum atomic E-state index is -0.856. The van der Waals surface area contributed by atoms with Gasteiger partial charge in [0.15, 0.2) is 5.16 Å². The molecule has 0 amide bonds. The Hall–Kier alpha value is -1.76. The van der Waals surface area contributed by atoms with Crippen LogP contribution in [0.15, 0.2) is 22.0 Å². The van der Waals surface area contributed by atoms with Gasteiger partial charge in [-0.1, -0.05) is 32.5 Å². The van der Waals surface area contributed by atoms with Gasteiger partial charge < -0.3 is 14.1 Å². The quantitative estimate of drug-likeness (QED) is 0.792. The summed E-state index contributed by atoms with van der Waals surface area (Å²) in [4.78, 5) is 19.3. The maximum Gasteiger partial charge on any atom is 0.313 e. The molecule has 114 valence electrons. The molecule has 2 heterocycles. The summed E-state index contributed by atoms with van der Waals surface area (Å²) >= 11 is 1.21. The lowest BCUT2D eigenvalue weighted by molar-refractivity contribution is -0.133. The highest BCUT2D eigenvalue weighted by molar-refractivity contribution is 7.99. The topological polar surface area (TPSA) is 81.2 Å². The SMILES string of the molecule is CCc1cnc(Cn2c(C(C)C)cnc2SCC(=O)O)o1. The fourth-order valence-corrected chi connectivity index (χ4v) is 2.66. The van der Waals surface area contributed by atoms with E-state index in [0.29, 0.717) is 17.6 Å². The number of hydrogen-bond donors (Lipinski definition) is 1. The van der Waals surface area contributed by atoms with E-state index >= 15 is 0 Å². The van der Waals surface area contributed by atoms with E-state index in [9.17, 15) is 4.79 Å². The second kappa shape index (κ2) is 6.80. The number of aromatic nitrogens is 3. The van der Waals surface area contributed by atoms with Crippen LogP contribution in [-0.2, 0) is 17.8 Å². The normalized spacial score (nSPS) is 11.2. The molecule has 1 N–H and O–H groups in total. The summed E-state index contributed by atoms with van der Waals surface area (Å²) in [6.45, 7) is 6.63. The predicted molar refractivity (Wildman–Crippen MR) is 79.7 cm³/mol. The zero-order valence-electron chi connectivity index (χ0n) is 12.4. The summed E-state index contributed by atoms with van der Waals surface area (Å²) in [5.74, 6) is 0.877. The lowest BCUT2D eigenvalue weighted by atomic mass is 10.1. The van der Waals surface area contributed by atoms with E-state index in [1.807, 2.05) is 11.5 Å². The van der Waals surface area contributed by atoms with Crippen molar-refractivity contribution in [2.24, 2.45) is 0 Å². The monoisotopic (exact) mass is 309 g/mol. The molecule has 2 aromatic rings. The lowest BCUT2D eigenvalue weighted by Crippen LogP contribution is -2.08. The van der Waals surface area contributed by atoms with Gasteiger partial charge in [0, 0.05) is 18.3 Å². The Morgan fingerprint density at radius 2 is 2.19 bits per heavy atom. The smallest absolute Gasteiger partial charge is 0.313 e. The summed E-state index contributed by atoms with van der Waals surface area (Å²) in [6, 6.07) is 0. The fraction of sp³-hybridized carbons (Fsp3) is 0.500. The molecule has 0 radical (unpaired) electrons. The molecular weight excluding hydrogens is 290 g/mol. The van der Waals surface area contributed by atoms with Crippen LogP contribution in [0.3, 0.4) is 0 Å². The van der Waals surface area contributed by atoms with Crippen molar-refractivity contribution in [3.63, 3.8) is 0 Å². The van der Waals surface area contributed by atoms with Gasteiger partial charge in [0.25, 0.3) is 0 Å². The van der Waals surface area contributed by atoms with Crippen LogP contribution in [-0.4, -0.2) is 31.4 Å². The highest BCUT2D eigenvalue weighted by atomic mass is 32.2. The average Bonchev–Trinajstić information content (AvgIpc) is 3.03. The Labute approximate surface area is 127 Å². The molecule has 0 unspecified atom stereocenters. The van der Waals surface area contributed by atoms with Crippen LogP contribution in [0, 0.1) is 0 Å². The first-order valence-corrected chi connectivity index (χ1v) is 7.83. The fourth-order valence-electron chi connectivity index (χ4n) is 1.95. The van der Waals surface area contributed by atoms with Crippen LogP contribution in [0.4, 0.5) is 0 Å². The molecule has 2 rings (SSSR count). The zero-order valence-corrected chi connectivity index (χ0v) is 13.2. The van der Waals surface area contributed by atoms with Crippen LogP contribution >= 0.6 is 11.8 Å². The van der Waals surface area contributed by atoms with Crippen LogP contribution < -0.4 is 0 Å². The summed E-state index contributed by atoms with van der Waals surface area (Å²) in [7, 11) is 0. The van der Waals surface area contributed by atoms with Crippen molar-refractivity contribution in [1.29, 1.82) is 0 Å². The minimum absolute atomic E-state index is 0.0135. The molecule has 0 aliphatic carbocycles. The summed E-state index contributed by atoms with van der Waals surface area (Å²) < 4.78 is 7.61. The van der Waals surface area contributed by atoms with E-state index in [2.05, 4.69) is 23.8 Å². The molecule has 2 aromatic heterocycles. The first-order valence-electron chi connectivity index (χ1n) is 6.84. The first kappa shape index (κ1) is 15.6. The van der Waals surface area contributed by atoms with Gasteiger partial charge in [-0.2, -0.15) is 0 Å². The highest BCUT2D eigenvalue weighted by Crippen LogP contribution is 2.24. The molecule has 0 atom stereocenters. The third kappa shape index (κ3) is 3.87. The Morgan fingerprint density at radius 3 is 2.76 bits per heavy atom. The van der Waals surface area contributed by atoms with E-state index in [-0.39, 0.29) is 11.7 Å². The Morgan fingerprint density at radius 1 is 1.43 bits per heavy atom. The van der Waals surface area contributed by atoms with Crippen LogP contribution in [0.25, 0.3) is 0 Å². The number of imidazole rings is 1. The third-order valence-electron chi connectivity index (χ3n) is 3.01. The number of aryl methyl sites for hydroxylation is 1. The van der Waals surface area contributed by atoms with Crippen molar-refractivity contribution in [2.75, 3.05) is 5.75 Å². The molecule has 7 heteroatoms. The predicted octanol–water partition coefficient (Wildman–Crippen LogP) is 2.78. The highest BCUT2D eigenvalue weighted by Gasteiger charge is 2.16. The Kier molecular flexibility index (Phi) is 5.06. The largest absolute Gasteiger partial charge is 0.481 e. The zero-order chi connectivity index (χ0) is 15.4. The second-order valence-electron chi connectivity index (χ2n) is 4.96. The molecular formula is C14H19N3O3S. The van der Waals surface area contributed by atoms with Gasteiger partial charge in [-0.25, -0.2) is 9.97 Å². The van der Waals surface area contributed by atoms with Crippen molar-refractivity contribution >= 4 is 17.7 Å². The van der Waals surface area contributed by atoms with E-state index in [1.165, 1.54) is 11.8 Å². The molecule has 0 spiro atoms. The number of carboxylic acid groups (broad SMARTS) is 1. The number of carbonyl (C=O) groups is 1. The summed E-state index contributed by atoms with van der Waals surface area (Å²) in [5, 5.41) is 9.50. The molecule has 0 aliphatic heterocycles. The second-order valence-corrected chi connectivity index (χ2v) is 5.91. The molecule has 0 aliphatic rings. The standard InChI is InChI=1S/C14H19N3O3S/c1-4-10-5-15-12(20-10)7-17-11(9(2)3)6-16-14(17)21-8-13(18)19/h5-6,9H,4,7-8H2,1-3H3,(H,18,19). The van der Waals surface area contributed by atoms with E-state index in [1.54, 1.807) is 12.4 Å². The average molecular weight is 309 g/mol. The molecule has 0 saturated heterocycles. The van der Waals surface area contributed by atoms with E-state index in [0.717, 1.165) is 17.9 Å². The molecule has 21 heavy (non-hydrogen) atoms. The van der Waals surface area contributed by atoms with Crippen molar-refractivity contribution < 1.29 is 14.3 Å². The maximum absolute atomic E-state index is 10.7. The number of hydrogen-bond acceptors (Lipinski definition) is 5. The van der Waals surface area contributed by atoms with Gasteiger partial charge in [-0.15, -0.1) is 0 Å². The van der Waals surface area contributed by atoms with Crippen LogP contribution in [0.5, 0.6) is 0 Å². The minimum Gasteiger partial charge on any atom is -0.481 e. The van der Waals surface area contributed by atoms with Gasteiger partial charge in [-0.3, -0.25) is 4.79 Å². The maximum atomic E-state index is 10.7.